The summed E-state index contributed by atoms with van der Waals surface area (Å²) in [5.41, 5.74) is 8.30. The van der Waals surface area contributed by atoms with E-state index in [1.165, 1.54) is 56.9 Å². The van der Waals surface area contributed by atoms with Crippen molar-refractivity contribution in [3.8, 4) is 39.1 Å². The van der Waals surface area contributed by atoms with Crippen LogP contribution in [-0.2, 0) is 22.4 Å². The predicted molar refractivity (Wildman–Crippen MR) is 223 cm³/mol. The molecule has 1 aliphatic carbocycles. The molecule has 0 saturated heterocycles. The molecule has 5 nitrogen and oxygen atoms in total. The maximum absolute atomic E-state index is 15.9. The average molecular weight is 749 g/mol. The molecule has 4 aromatic rings. The van der Waals surface area contributed by atoms with Gasteiger partial charge < -0.3 is 19.7 Å². The van der Waals surface area contributed by atoms with Gasteiger partial charge in [-0.25, -0.2) is 9.18 Å². The van der Waals surface area contributed by atoms with Crippen LogP contribution >= 0.6 is 0 Å². The summed E-state index contributed by atoms with van der Waals surface area (Å²) < 4.78 is 27.4. The van der Waals surface area contributed by atoms with Crippen molar-refractivity contribution < 1.29 is 28.9 Å². The van der Waals surface area contributed by atoms with E-state index in [-0.39, 0.29) is 32.2 Å². The van der Waals surface area contributed by atoms with Crippen molar-refractivity contribution in [3.63, 3.8) is 0 Å². The third-order valence-corrected chi connectivity index (χ3v) is 11.4. The Balaban J connectivity index is 1.31. The van der Waals surface area contributed by atoms with Crippen LogP contribution in [0.2, 0.25) is 0 Å². The van der Waals surface area contributed by atoms with Gasteiger partial charge in [0.05, 0.1) is 26.4 Å². The number of hydrogen-bond acceptors (Lipinski definition) is 5. The van der Waals surface area contributed by atoms with Crippen molar-refractivity contribution >= 4 is 5.97 Å². The fourth-order valence-electron chi connectivity index (χ4n) is 7.70. The Bertz CT molecular complexity index is 1870. The Morgan fingerprint density at radius 3 is 2.04 bits per heavy atom. The van der Waals surface area contributed by atoms with Gasteiger partial charge >= 0.3 is 5.97 Å². The molecular weight excluding hydrogens is 688 g/mol. The normalized spacial score (nSPS) is 15.8. The van der Waals surface area contributed by atoms with Gasteiger partial charge in [-0.1, -0.05) is 114 Å². The zero-order valence-electron chi connectivity index (χ0n) is 33.5. The van der Waals surface area contributed by atoms with Crippen molar-refractivity contribution in [2.45, 2.75) is 104 Å². The summed E-state index contributed by atoms with van der Waals surface area (Å²) in [6, 6.07) is 26.5. The molecule has 0 amide bonds. The van der Waals surface area contributed by atoms with Crippen LogP contribution in [0, 0.1) is 17.2 Å². The highest BCUT2D eigenvalue weighted by molar-refractivity contribution is 5.86. The maximum atomic E-state index is 15.9. The first-order chi connectivity index (χ1) is 26.6. The summed E-state index contributed by atoms with van der Waals surface area (Å²) in [7, 11) is 0. The number of carbonyl (C=O) groups is 1. The summed E-state index contributed by atoms with van der Waals surface area (Å²) in [5, 5.41) is 19.6. The SMILES string of the molecule is C=C(C)C(=O)OCCCc1cc(-c2ccc(-c3ccc(-c4ccc(C5CCC(CCCCC)CC5)cc4)cc3F)c(CC)c2)ccc1OCC(C)(CO)CO. The Kier molecular flexibility index (Phi) is 15.3. The Morgan fingerprint density at radius 1 is 0.800 bits per heavy atom. The van der Waals surface area contributed by atoms with E-state index in [1.54, 1.807) is 19.9 Å². The van der Waals surface area contributed by atoms with E-state index in [2.05, 4.69) is 56.8 Å². The second-order valence-corrected chi connectivity index (χ2v) is 16.0. The highest BCUT2D eigenvalue weighted by Crippen LogP contribution is 2.39. The molecule has 1 fully saturated rings. The lowest BCUT2D eigenvalue weighted by Crippen LogP contribution is -2.33. The van der Waals surface area contributed by atoms with Gasteiger partial charge in [-0.15, -0.1) is 0 Å². The van der Waals surface area contributed by atoms with Gasteiger partial charge in [0.25, 0.3) is 0 Å². The van der Waals surface area contributed by atoms with Crippen LogP contribution in [0.25, 0.3) is 33.4 Å². The number of carbonyl (C=O) groups excluding carboxylic acids is 1. The Hall–Kier alpha value is -4.26. The van der Waals surface area contributed by atoms with E-state index < -0.39 is 11.4 Å². The molecule has 0 heterocycles. The van der Waals surface area contributed by atoms with Crippen LogP contribution in [0.5, 0.6) is 5.75 Å². The van der Waals surface area contributed by atoms with Gasteiger partial charge in [0.2, 0.25) is 0 Å². The minimum atomic E-state index is -0.788. The topological polar surface area (TPSA) is 76.0 Å². The predicted octanol–water partition coefficient (Wildman–Crippen LogP) is 11.7. The quantitative estimate of drug-likeness (QED) is 0.0567. The smallest absolute Gasteiger partial charge is 0.333 e. The molecular formula is C49H61FO5. The lowest BCUT2D eigenvalue weighted by Gasteiger charge is -2.29. The summed E-state index contributed by atoms with van der Waals surface area (Å²) in [6.07, 6.45) is 12.5. The van der Waals surface area contributed by atoms with Gasteiger partial charge in [-0.3, -0.25) is 0 Å². The second kappa shape index (κ2) is 20.1. The molecule has 1 saturated carbocycles. The van der Waals surface area contributed by atoms with Gasteiger partial charge in [0.15, 0.2) is 0 Å². The molecule has 0 unspecified atom stereocenters. The number of ether oxygens (including phenoxy) is 2. The number of benzene rings is 4. The number of halogens is 1. The van der Waals surface area contributed by atoms with Gasteiger partial charge in [-0.2, -0.15) is 0 Å². The van der Waals surface area contributed by atoms with E-state index in [1.807, 2.05) is 36.4 Å². The molecule has 6 heteroatoms. The van der Waals surface area contributed by atoms with E-state index >= 15 is 4.39 Å². The summed E-state index contributed by atoms with van der Waals surface area (Å²) in [6.45, 7) is 11.3. The number of aliphatic hydroxyl groups is 2. The first-order valence-corrected chi connectivity index (χ1v) is 20.4. The number of hydrogen-bond donors (Lipinski definition) is 2. The fraction of sp³-hybridized carbons (Fsp3) is 0.449. The molecule has 0 bridgehead atoms. The van der Waals surface area contributed by atoms with E-state index in [0.717, 1.165) is 51.3 Å². The van der Waals surface area contributed by atoms with Crippen LogP contribution in [0.15, 0.2) is 91.0 Å². The van der Waals surface area contributed by atoms with Crippen molar-refractivity contribution in [1.29, 1.82) is 0 Å². The highest BCUT2D eigenvalue weighted by atomic mass is 19.1. The minimum Gasteiger partial charge on any atom is -0.493 e. The number of rotatable bonds is 19. The second-order valence-electron chi connectivity index (χ2n) is 16.0. The summed E-state index contributed by atoms with van der Waals surface area (Å²) >= 11 is 0. The molecule has 0 aliphatic heterocycles. The Morgan fingerprint density at radius 2 is 1.42 bits per heavy atom. The number of aryl methyl sites for hydroxylation is 2. The van der Waals surface area contributed by atoms with Crippen LogP contribution < -0.4 is 4.74 Å². The lowest BCUT2D eigenvalue weighted by molar-refractivity contribution is -0.139. The standard InChI is InChI=1S/C49H61FO5/c1-6-8-9-11-35-13-15-37(16-14-35)38-17-19-39(20-18-38)42-22-25-45(46(50)30-42)44-24-21-40(28-36(44)7-2)41-23-26-47(55-33-49(5,31-51)32-52)43(29-41)12-10-27-54-48(53)34(3)4/h17-26,28-30,35,37,51-52H,3,6-16,27,31-33H2,1-2,4-5H3. The number of aliphatic hydroxyl groups excluding tert-OH is 2. The zero-order valence-corrected chi connectivity index (χ0v) is 33.5. The van der Waals surface area contributed by atoms with Crippen molar-refractivity contribution in [1.82, 2.24) is 0 Å². The number of esters is 1. The third kappa shape index (κ3) is 11.2. The average Bonchev–Trinajstić information content (AvgIpc) is 3.21. The molecule has 4 aromatic carbocycles. The third-order valence-electron chi connectivity index (χ3n) is 11.4. The molecule has 294 valence electrons. The van der Waals surface area contributed by atoms with E-state index in [9.17, 15) is 15.0 Å². The van der Waals surface area contributed by atoms with Gasteiger partial charge in [0.1, 0.15) is 11.6 Å². The summed E-state index contributed by atoms with van der Waals surface area (Å²) in [5.74, 6) is 1.51. The van der Waals surface area contributed by atoms with Crippen LogP contribution in [0.1, 0.15) is 108 Å². The maximum Gasteiger partial charge on any atom is 0.333 e. The monoisotopic (exact) mass is 748 g/mol. The van der Waals surface area contributed by atoms with Crippen molar-refractivity contribution in [3.05, 3.63) is 114 Å². The van der Waals surface area contributed by atoms with Crippen LogP contribution in [-0.4, -0.2) is 42.6 Å². The highest BCUT2D eigenvalue weighted by Gasteiger charge is 2.25. The molecule has 55 heavy (non-hydrogen) atoms. The molecule has 0 spiro atoms. The molecule has 0 aromatic heterocycles. The molecule has 1 aliphatic rings. The first-order valence-electron chi connectivity index (χ1n) is 20.4. The zero-order chi connectivity index (χ0) is 39.4. The number of unbranched alkanes of at least 4 members (excludes halogenated alkanes) is 2. The van der Waals surface area contributed by atoms with E-state index in [0.29, 0.717) is 35.6 Å². The van der Waals surface area contributed by atoms with Gasteiger partial charge in [0, 0.05) is 16.6 Å². The molecule has 0 atom stereocenters. The van der Waals surface area contributed by atoms with Crippen LogP contribution in [0.4, 0.5) is 4.39 Å². The first kappa shape index (κ1) is 41.9. The van der Waals surface area contributed by atoms with Crippen molar-refractivity contribution in [2.75, 3.05) is 26.4 Å². The molecule has 2 N–H and O–H groups in total. The Labute approximate surface area is 328 Å². The van der Waals surface area contributed by atoms with Crippen molar-refractivity contribution in [2.24, 2.45) is 11.3 Å². The van der Waals surface area contributed by atoms with Gasteiger partial charge in [-0.05, 0) is 126 Å². The summed E-state index contributed by atoms with van der Waals surface area (Å²) in [4.78, 5) is 11.9. The largest absolute Gasteiger partial charge is 0.493 e. The lowest BCUT2D eigenvalue weighted by atomic mass is 9.77. The van der Waals surface area contributed by atoms with Crippen LogP contribution in [0.3, 0.4) is 0 Å². The molecule has 0 radical (unpaired) electrons. The minimum absolute atomic E-state index is 0.140. The van der Waals surface area contributed by atoms with E-state index in [4.69, 9.17) is 9.47 Å². The molecule has 5 rings (SSSR count). The fourth-order valence-corrected chi connectivity index (χ4v) is 7.70.